The van der Waals surface area contributed by atoms with Crippen molar-refractivity contribution in [3.05, 3.63) is 57.0 Å². The van der Waals surface area contributed by atoms with E-state index in [1.54, 1.807) is 0 Å². The van der Waals surface area contributed by atoms with Gasteiger partial charge in [0.15, 0.2) is 6.10 Å². The molecule has 0 saturated carbocycles. The molecule has 178 valence electrons. The van der Waals surface area contributed by atoms with Crippen LogP contribution in [0.4, 0.5) is 13.2 Å². The fourth-order valence-corrected chi connectivity index (χ4v) is 4.59. The van der Waals surface area contributed by atoms with Crippen LogP contribution in [-0.4, -0.2) is 40.6 Å². The molecule has 3 heterocycles. The molecule has 2 aliphatic rings. The quantitative estimate of drug-likeness (QED) is 0.675. The summed E-state index contributed by atoms with van der Waals surface area (Å²) in [4.78, 5) is 25.0. The van der Waals surface area contributed by atoms with Gasteiger partial charge in [-0.3, -0.25) is 4.79 Å². The van der Waals surface area contributed by atoms with Gasteiger partial charge in [-0.15, -0.1) is 0 Å². The maximum absolute atomic E-state index is 13.5. The van der Waals surface area contributed by atoms with Crippen molar-refractivity contribution in [2.45, 2.75) is 63.1 Å². The Balaban J connectivity index is 1.79. The van der Waals surface area contributed by atoms with Crippen molar-refractivity contribution in [3.8, 4) is 11.1 Å². The van der Waals surface area contributed by atoms with Gasteiger partial charge in [-0.25, -0.2) is 4.79 Å². The lowest BCUT2D eigenvalue weighted by atomic mass is 9.92. The number of carboxylic acids is 1. The second-order valence-electron chi connectivity index (χ2n) is 8.38. The molecule has 10 heteroatoms. The summed E-state index contributed by atoms with van der Waals surface area (Å²) in [5.74, 6) is -1.21. The molecule has 1 aromatic carbocycles. The molecule has 1 fully saturated rings. The van der Waals surface area contributed by atoms with Crippen molar-refractivity contribution in [2.24, 2.45) is 0 Å². The summed E-state index contributed by atoms with van der Waals surface area (Å²) in [5, 5.41) is 10.1. The van der Waals surface area contributed by atoms with Crippen LogP contribution in [0.2, 0.25) is 5.02 Å². The number of carbonyl (C=O) groups is 1. The van der Waals surface area contributed by atoms with Crippen LogP contribution >= 0.6 is 11.6 Å². The van der Waals surface area contributed by atoms with E-state index in [9.17, 15) is 27.9 Å². The topological polar surface area (TPSA) is 77.8 Å². The number of aliphatic carboxylic acids is 1. The van der Waals surface area contributed by atoms with Gasteiger partial charge in [0.05, 0.1) is 12.7 Å². The van der Waals surface area contributed by atoms with E-state index < -0.39 is 42.9 Å². The molecule has 1 N–H and O–H groups in total. The highest BCUT2D eigenvalue weighted by Gasteiger charge is 2.42. The van der Waals surface area contributed by atoms with Crippen molar-refractivity contribution in [1.29, 1.82) is 0 Å². The van der Waals surface area contributed by atoms with Crippen LogP contribution in [0.3, 0.4) is 0 Å². The predicted molar refractivity (Wildman–Crippen MR) is 114 cm³/mol. The predicted octanol–water partition coefficient (Wildman–Crippen LogP) is 4.76. The smallest absolute Gasteiger partial charge is 0.414 e. The Labute approximate surface area is 192 Å². The summed E-state index contributed by atoms with van der Waals surface area (Å²) in [5.41, 5.74) is 0.832. The molecule has 2 unspecified atom stereocenters. The van der Waals surface area contributed by atoms with E-state index in [2.05, 4.69) is 0 Å². The van der Waals surface area contributed by atoms with Gasteiger partial charge in [0.1, 0.15) is 6.04 Å². The molecule has 2 aromatic rings. The van der Waals surface area contributed by atoms with Crippen LogP contribution in [0.25, 0.3) is 11.1 Å². The first-order valence-electron chi connectivity index (χ1n) is 10.7. The minimum Gasteiger partial charge on any atom is -0.480 e. The van der Waals surface area contributed by atoms with E-state index in [0.717, 1.165) is 17.4 Å². The van der Waals surface area contributed by atoms with Gasteiger partial charge in [0.25, 0.3) is 5.56 Å². The third-order valence-electron chi connectivity index (χ3n) is 6.12. The summed E-state index contributed by atoms with van der Waals surface area (Å²) in [6.45, 7) is 0.0956. The van der Waals surface area contributed by atoms with Crippen LogP contribution in [0.15, 0.2) is 35.3 Å². The van der Waals surface area contributed by atoms with Crippen molar-refractivity contribution in [2.75, 3.05) is 6.61 Å². The maximum Gasteiger partial charge on any atom is 0.414 e. The number of alkyl halides is 3. The Morgan fingerprint density at radius 3 is 2.61 bits per heavy atom. The van der Waals surface area contributed by atoms with Gasteiger partial charge in [0.2, 0.25) is 0 Å². The SMILES string of the molecule is O=C(O)C(C[C@@H]1CCCCO1)n1cc2c(cc1=O)-c1cc(Cl)ccc1CC(C(F)(F)F)OC2. The molecular formula is C23H23ClF3NO5. The van der Waals surface area contributed by atoms with Crippen molar-refractivity contribution >= 4 is 17.6 Å². The largest absolute Gasteiger partial charge is 0.480 e. The molecule has 1 saturated heterocycles. The first-order chi connectivity index (χ1) is 15.6. The Hall–Kier alpha value is -2.36. The molecule has 6 nitrogen and oxygen atoms in total. The van der Waals surface area contributed by atoms with Gasteiger partial charge in [0, 0.05) is 42.3 Å². The van der Waals surface area contributed by atoms with Gasteiger partial charge in [-0.2, -0.15) is 13.2 Å². The average molecular weight is 486 g/mol. The van der Waals surface area contributed by atoms with Crippen LogP contribution < -0.4 is 5.56 Å². The fourth-order valence-electron chi connectivity index (χ4n) is 4.41. The molecule has 3 atom stereocenters. The first kappa shape index (κ1) is 23.8. The highest BCUT2D eigenvalue weighted by atomic mass is 35.5. The molecule has 0 bridgehead atoms. The number of aromatic nitrogens is 1. The zero-order valence-corrected chi connectivity index (χ0v) is 18.4. The maximum atomic E-state index is 13.5. The van der Waals surface area contributed by atoms with E-state index in [1.165, 1.54) is 30.5 Å². The normalized spacial score (nSPS) is 21.9. The Morgan fingerprint density at radius 2 is 1.94 bits per heavy atom. The number of ether oxygens (including phenoxy) is 2. The number of rotatable bonds is 4. The summed E-state index contributed by atoms with van der Waals surface area (Å²) < 4.78 is 52.5. The number of benzene rings is 1. The number of halogens is 4. The molecule has 4 rings (SSSR count). The van der Waals surface area contributed by atoms with Crippen molar-refractivity contribution in [3.63, 3.8) is 0 Å². The van der Waals surface area contributed by atoms with Crippen molar-refractivity contribution < 1.29 is 32.5 Å². The third-order valence-corrected chi connectivity index (χ3v) is 6.35. The lowest BCUT2D eigenvalue weighted by Gasteiger charge is -2.28. The van der Waals surface area contributed by atoms with Crippen LogP contribution in [-0.2, 0) is 27.3 Å². The van der Waals surface area contributed by atoms with E-state index in [4.69, 9.17) is 21.1 Å². The molecule has 0 aliphatic carbocycles. The standard InChI is InChI=1S/C23H23ClF3NO5/c24-15-5-4-13-7-20(23(25,26)27)33-12-14-11-28(21(29)10-18(14)17(13)8-15)19(22(30)31)9-16-3-1-2-6-32-16/h4-5,8,10-11,16,19-20H,1-3,6-7,9,12H2,(H,30,31)/t16-,19?,20?/m0/s1. The van der Waals surface area contributed by atoms with Gasteiger partial charge < -0.3 is 19.1 Å². The zero-order valence-electron chi connectivity index (χ0n) is 17.6. The summed E-state index contributed by atoms with van der Waals surface area (Å²) in [6.07, 6.45) is -3.50. The van der Waals surface area contributed by atoms with E-state index in [0.29, 0.717) is 34.7 Å². The Morgan fingerprint density at radius 1 is 1.18 bits per heavy atom. The molecule has 2 aliphatic heterocycles. The number of pyridine rings is 1. The second-order valence-corrected chi connectivity index (χ2v) is 8.82. The summed E-state index contributed by atoms with van der Waals surface area (Å²) in [7, 11) is 0. The molecule has 0 amide bonds. The molecule has 33 heavy (non-hydrogen) atoms. The summed E-state index contributed by atoms with van der Waals surface area (Å²) >= 11 is 6.11. The van der Waals surface area contributed by atoms with E-state index in [1.807, 2.05) is 0 Å². The fraction of sp³-hybridized carbons (Fsp3) is 0.478. The second kappa shape index (κ2) is 9.48. The minimum atomic E-state index is -4.59. The minimum absolute atomic E-state index is 0.0858. The third kappa shape index (κ3) is 5.26. The number of fused-ring (bicyclic) bond motifs is 3. The Bertz CT molecular complexity index is 1090. The molecule has 1 aromatic heterocycles. The first-order valence-corrected chi connectivity index (χ1v) is 11.1. The van der Waals surface area contributed by atoms with Gasteiger partial charge >= 0.3 is 12.1 Å². The summed E-state index contributed by atoms with van der Waals surface area (Å²) in [6, 6.07) is 4.53. The van der Waals surface area contributed by atoms with Crippen LogP contribution in [0.1, 0.15) is 42.9 Å². The lowest BCUT2D eigenvalue weighted by Crippen LogP contribution is -2.36. The van der Waals surface area contributed by atoms with Crippen LogP contribution in [0.5, 0.6) is 0 Å². The van der Waals surface area contributed by atoms with Gasteiger partial charge in [-0.1, -0.05) is 17.7 Å². The lowest BCUT2D eigenvalue weighted by molar-refractivity contribution is -0.223. The number of carboxylic acid groups (broad SMARTS) is 1. The van der Waals surface area contributed by atoms with Crippen molar-refractivity contribution in [1.82, 2.24) is 4.57 Å². The zero-order chi connectivity index (χ0) is 23.8. The number of hydrogen-bond acceptors (Lipinski definition) is 4. The molecule has 0 spiro atoms. The molecular weight excluding hydrogens is 463 g/mol. The van der Waals surface area contributed by atoms with E-state index in [-0.39, 0.29) is 18.1 Å². The average Bonchev–Trinajstić information content (AvgIpc) is 2.75. The monoisotopic (exact) mass is 485 g/mol. The van der Waals surface area contributed by atoms with Crippen LogP contribution in [0, 0.1) is 0 Å². The number of nitrogens with zero attached hydrogens (tertiary/aromatic N) is 1. The molecule has 0 radical (unpaired) electrons. The van der Waals surface area contributed by atoms with E-state index >= 15 is 0 Å². The number of hydrogen-bond donors (Lipinski definition) is 1. The highest BCUT2D eigenvalue weighted by Crippen LogP contribution is 2.37. The highest BCUT2D eigenvalue weighted by molar-refractivity contribution is 6.30. The van der Waals surface area contributed by atoms with Gasteiger partial charge in [-0.05, 0) is 48.1 Å². The Kier molecular flexibility index (Phi) is 6.83.